The molecule has 3 heterocycles. The Hall–Kier alpha value is -1.23. The van der Waals surface area contributed by atoms with Gasteiger partial charge in [-0.25, -0.2) is 23.7 Å². The van der Waals surface area contributed by atoms with E-state index in [1.165, 1.54) is 17.6 Å². The van der Waals surface area contributed by atoms with E-state index in [4.69, 9.17) is 25.2 Å². The molecule has 0 aromatic carbocycles. The summed E-state index contributed by atoms with van der Waals surface area (Å²) in [5.74, 6) is 0.205. The van der Waals surface area contributed by atoms with Crippen LogP contribution in [0.15, 0.2) is 21.5 Å². The number of phosphoric ester groups is 1. The Balaban J connectivity index is 1.62. The third-order valence-electron chi connectivity index (χ3n) is 4.02. The molecule has 176 valence electrons. The number of rotatable bonds is 8. The Morgan fingerprint density at radius 1 is 1.13 bits per heavy atom. The van der Waals surface area contributed by atoms with Gasteiger partial charge in [0.1, 0.15) is 29.8 Å². The molecule has 7 atom stereocenters. The van der Waals surface area contributed by atoms with E-state index in [-0.39, 0.29) is 5.82 Å². The average Bonchev–Trinajstić information content (AvgIpc) is 3.13. The molecule has 0 spiro atoms. The minimum atomic E-state index is -5.69. The van der Waals surface area contributed by atoms with Crippen LogP contribution in [0, 0.1) is 0 Å². The van der Waals surface area contributed by atoms with Crippen molar-refractivity contribution in [2.45, 2.75) is 30.7 Å². The van der Waals surface area contributed by atoms with Gasteiger partial charge in [0.2, 0.25) is 0 Å². The molecule has 1 saturated heterocycles. The van der Waals surface area contributed by atoms with Gasteiger partial charge in [-0.05, 0) is 0 Å². The largest absolute Gasteiger partial charge is 0.490 e. The first-order valence-electron chi connectivity index (χ1n) is 8.08. The van der Waals surface area contributed by atoms with Crippen molar-refractivity contribution >= 4 is 36.1 Å². The SMILES string of the molecule is NC1=C2N=CN([C@@H]3O[C@H](COP(=O)(O)OP(=O)(O)OP(=O)(O)O)[C@@H](O)[C@H]3O)[C@@H]2N=CN1. The second-order valence-electron chi connectivity index (χ2n) is 6.22. The zero-order valence-electron chi connectivity index (χ0n) is 15.1. The maximum absolute atomic E-state index is 11.8. The molecule has 3 aliphatic heterocycles. The van der Waals surface area contributed by atoms with E-state index in [1.807, 2.05) is 0 Å². The average molecular weight is 509 g/mol. The smallest absolute Gasteiger partial charge is 0.387 e. The van der Waals surface area contributed by atoms with Crippen LogP contribution in [0.2, 0.25) is 0 Å². The highest BCUT2D eigenvalue weighted by atomic mass is 31.3. The van der Waals surface area contributed by atoms with E-state index in [1.54, 1.807) is 0 Å². The molecule has 0 aromatic rings. The number of nitrogens with one attached hydrogen (secondary N) is 1. The molecular formula is C10H18N5O13P3. The van der Waals surface area contributed by atoms with Crippen LogP contribution in [0.5, 0.6) is 0 Å². The van der Waals surface area contributed by atoms with Gasteiger partial charge < -0.3 is 50.5 Å². The summed E-state index contributed by atoms with van der Waals surface area (Å²) >= 11 is 0. The number of aliphatic hydroxyl groups excluding tert-OH is 2. The lowest BCUT2D eigenvalue weighted by Gasteiger charge is -2.30. The fourth-order valence-electron chi connectivity index (χ4n) is 2.80. The van der Waals surface area contributed by atoms with E-state index in [9.17, 15) is 28.8 Å². The van der Waals surface area contributed by atoms with Gasteiger partial charge in [-0.1, -0.05) is 0 Å². The standard InChI is InChI=1S/C10H18N5O13P3/c11-8-5-9(13-2-12-8)15(3-14-5)10-7(17)6(16)4(26-10)1-25-30(21,22)28-31(23,24)27-29(18,19)20/h2-4,6-7,9-10,16-17H,1,11H2,(H,12,13)(H,21,22)(H,23,24)(H2,18,19,20)/t4-,6-,7-,9+,10-/m1/s1. The monoisotopic (exact) mass is 509 g/mol. The quantitative estimate of drug-likeness (QED) is 0.153. The third-order valence-corrected chi connectivity index (χ3v) is 7.82. The lowest BCUT2D eigenvalue weighted by atomic mass is 10.1. The fraction of sp³-hybridized carbons (Fsp3) is 0.600. The second kappa shape index (κ2) is 8.61. The fourth-order valence-corrected chi connectivity index (χ4v) is 5.83. The van der Waals surface area contributed by atoms with E-state index in [2.05, 4.69) is 28.4 Å². The summed E-state index contributed by atoms with van der Waals surface area (Å²) in [5, 5.41) is 23.1. The highest BCUT2D eigenvalue weighted by Gasteiger charge is 2.50. The van der Waals surface area contributed by atoms with Gasteiger partial charge in [-0.2, -0.15) is 8.62 Å². The number of nitrogens with zero attached hydrogens (tertiary/aromatic N) is 3. The maximum Gasteiger partial charge on any atom is 0.490 e. The summed E-state index contributed by atoms with van der Waals surface area (Å²) in [5.41, 5.74) is 6.07. The van der Waals surface area contributed by atoms with Crippen molar-refractivity contribution in [3.63, 3.8) is 0 Å². The number of hydrogen-bond acceptors (Lipinski definition) is 14. The molecule has 1 fully saturated rings. The first-order valence-corrected chi connectivity index (χ1v) is 12.6. The van der Waals surface area contributed by atoms with Crippen LogP contribution in [-0.2, 0) is 31.6 Å². The summed E-state index contributed by atoms with van der Waals surface area (Å²) in [6.45, 7) is -0.941. The Bertz CT molecular complexity index is 950. The van der Waals surface area contributed by atoms with Gasteiger partial charge in [0.05, 0.1) is 19.3 Å². The summed E-state index contributed by atoms with van der Waals surface area (Å²) in [6.07, 6.45) is -4.12. The lowest BCUT2D eigenvalue weighted by molar-refractivity contribution is -0.0743. The molecule has 3 rings (SSSR count). The molecule has 31 heavy (non-hydrogen) atoms. The Kier molecular flexibility index (Phi) is 6.78. The number of hydrogen-bond donors (Lipinski definition) is 8. The number of ether oxygens (including phenoxy) is 1. The van der Waals surface area contributed by atoms with Crippen molar-refractivity contribution in [1.29, 1.82) is 0 Å². The topological polar surface area (TPSA) is 276 Å². The third kappa shape index (κ3) is 5.77. The number of phosphoric acid groups is 3. The van der Waals surface area contributed by atoms with Crippen LogP contribution in [0.25, 0.3) is 0 Å². The normalized spacial score (nSPS) is 34.4. The van der Waals surface area contributed by atoms with E-state index < -0.39 is 60.8 Å². The molecule has 2 unspecified atom stereocenters. The molecular weight excluding hydrogens is 491 g/mol. The molecule has 18 nitrogen and oxygen atoms in total. The molecule has 3 aliphatic rings. The molecule has 0 bridgehead atoms. The number of aliphatic imine (C=N–C) groups is 2. The van der Waals surface area contributed by atoms with Gasteiger partial charge in [0.25, 0.3) is 0 Å². The maximum atomic E-state index is 11.8. The van der Waals surface area contributed by atoms with Crippen LogP contribution in [0.1, 0.15) is 0 Å². The summed E-state index contributed by atoms with van der Waals surface area (Å²) in [4.78, 5) is 45.0. The molecule has 0 amide bonds. The molecule has 0 saturated carbocycles. The van der Waals surface area contributed by atoms with E-state index in [0.717, 1.165) is 0 Å². The van der Waals surface area contributed by atoms with Crippen LogP contribution < -0.4 is 11.1 Å². The molecule has 0 aromatic heterocycles. The predicted octanol–water partition coefficient (Wildman–Crippen LogP) is -2.79. The van der Waals surface area contributed by atoms with Crippen molar-refractivity contribution in [2.24, 2.45) is 15.7 Å². The molecule has 0 aliphatic carbocycles. The van der Waals surface area contributed by atoms with Crippen LogP contribution in [0.4, 0.5) is 0 Å². The Labute approximate surface area is 173 Å². The Morgan fingerprint density at radius 2 is 1.81 bits per heavy atom. The number of fused-ring (bicyclic) bond motifs is 1. The van der Waals surface area contributed by atoms with Crippen LogP contribution >= 0.6 is 23.5 Å². The van der Waals surface area contributed by atoms with Gasteiger partial charge in [0, 0.05) is 0 Å². The summed E-state index contributed by atoms with van der Waals surface area (Å²) in [7, 11) is -16.7. The minimum absolute atomic E-state index is 0.205. The lowest BCUT2D eigenvalue weighted by Crippen LogP contribution is -2.47. The molecule has 21 heteroatoms. The van der Waals surface area contributed by atoms with Crippen molar-refractivity contribution in [2.75, 3.05) is 6.61 Å². The van der Waals surface area contributed by atoms with Crippen molar-refractivity contribution in [3.05, 3.63) is 11.5 Å². The second-order valence-corrected chi connectivity index (χ2v) is 10.6. The first-order chi connectivity index (χ1) is 14.2. The van der Waals surface area contributed by atoms with Gasteiger partial charge in [0.15, 0.2) is 12.4 Å². The zero-order valence-corrected chi connectivity index (χ0v) is 17.7. The highest BCUT2D eigenvalue weighted by molar-refractivity contribution is 7.66. The molecule has 0 radical (unpaired) electrons. The summed E-state index contributed by atoms with van der Waals surface area (Å²) in [6, 6.07) is 0. The van der Waals surface area contributed by atoms with E-state index in [0.29, 0.717) is 5.70 Å². The Morgan fingerprint density at radius 3 is 2.45 bits per heavy atom. The minimum Gasteiger partial charge on any atom is -0.387 e. The van der Waals surface area contributed by atoms with Gasteiger partial charge in [-0.15, -0.1) is 0 Å². The van der Waals surface area contributed by atoms with E-state index >= 15 is 0 Å². The van der Waals surface area contributed by atoms with Crippen LogP contribution in [-0.4, -0.2) is 84.7 Å². The van der Waals surface area contributed by atoms with Crippen LogP contribution in [0.3, 0.4) is 0 Å². The van der Waals surface area contributed by atoms with Gasteiger partial charge >= 0.3 is 23.5 Å². The van der Waals surface area contributed by atoms with Gasteiger partial charge in [-0.3, -0.25) is 4.52 Å². The predicted molar refractivity (Wildman–Crippen MR) is 97.5 cm³/mol. The summed E-state index contributed by atoms with van der Waals surface area (Å²) < 4.78 is 50.7. The van der Waals surface area contributed by atoms with Crippen molar-refractivity contribution < 1.29 is 61.4 Å². The number of nitrogens with two attached hydrogens (primary N) is 1. The van der Waals surface area contributed by atoms with Crippen molar-refractivity contribution in [3.8, 4) is 0 Å². The molecule has 9 N–H and O–H groups in total. The number of aliphatic hydroxyl groups is 2. The zero-order chi connectivity index (χ0) is 23.2. The first kappa shape index (κ1) is 24.4. The highest BCUT2D eigenvalue weighted by Crippen LogP contribution is 2.66. The van der Waals surface area contributed by atoms with Crippen molar-refractivity contribution in [1.82, 2.24) is 10.2 Å².